The van der Waals surface area contributed by atoms with Crippen LogP contribution in [0.5, 0.6) is 0 Å². The van der Waals surface area contributed by atoms with E-state index in [0.717, 1.165) is 12.8 Å². The van der Waals surface area contributed by atoms with E-state index < -0.39 is 6.04 Å². The zero-order valence-electron chi connectivity index (χ0n) is 8.57. The van der Waals surface area contributed by atoms with Crippen LogP contribution in [0.4, 0.5) is 0 Å². The summed E-state index contributed by atoms with van der Waals surface area (Å²) in [6.45, 7) is 2.14. The highest BCUT2D eigenvalue weighted by Gasteiger charge is 2.12. The molecular weight excluding hydrogens is 198 g/mol. The van der Waals surface area contributed by atoms with E-state index in [-0.39, 0.29) is 11.1 Å². The number of guanidine groups is 1. The van der Waals surface area contributed by atoms with E-state index in [1.54, 1.807) is 0 Å². The maximum Gasteiger partial charge on any atom is 0.210 e. The highest BCUT2D eigenvalue weighted by molar-refractivity contribution is 7.96. The number of carbonyl (C=O) groups is 1. The van der Waals surface area contributed by atoms with E-state index >= 15 is 0 Å². The Morgan fingerprint density at radius 2 is 2.00 bits per heavy atom. The molecule has 0 bridgehead atoms. The summed E-state index contributed by atoms with van der Waals surface area (Å²) in [6, 6.07) is -0.472. The van der Waals surface area contributed by atoms with Gasteiger partial charge in [-0.2, -0.15) is 0 Å². The molecule has 0 fully saturated rings. The lowest BCUT2D eigenvalue weighted by molar-refractivity contribution is -0.112. The Labute approximate surface area is 90.6 Å². The number of aliphatic imine (C=N–C) groups is 1. The molecule has 0 amide bonds. The van der Waals surface area contributed by atoms with Gasteiger partial charge < -0.3 is 11.5 Å². The number of carbonyl (C=O) groups excluding carboxylic acids is 1. The zero-order valence-corrected chi connectivity index (χ0v) is 9.46. The van der Waals surface area contributed by atoms with Crippen molar-refractivity contribution in [2.45, 2.75) is 45.1 Å². The van der Waals surface area contributed by atoms with Crippen LogP contribution >= 0.6 is 12.6 Å². The Morgan fingerprint density at radius 3 is 2.43 bits per heavy atom. The van der Waals surface area contributed by atoms with Crippen molar-refractivity contribution in [2.24, 2.45) is 16.5 Å². The second-order valence-corrected chi connectivity index (χ2v) is 3.70. The van der Waals surface area contributed by atoms with Crippen LogP contribution in [0, 0.1) is 0 Å². The first-order valence-electron chi connectivity index (χ1n) is 4.89. The van der Waals surface area contributed by atoms with Gasteiger partial charge in [0.25, 0.3) is 0 Å². The van der Waals surface area contributed by atoms with Gasteiger partial charge >= 0.3 is 0 Å². The third-order valence-corrected chi connectivity index (χ3v) is 2.22. The second kappa shape index (κ2) is 7.67. The monoisotopic (exact) mass is 217 g/mol. The van der Waals surface area contributed by atoms with Gasteiger partial charge in [-0.15, -0.1) is 12.6 Å². The van der Waals surface area contributed by atoms with Crippen LogP contribution < -0.4 is 11.5 Å². The van der Waals surface area contributed by atoms with E-state index in [0.29, 0.717) is 6.42 Å². The van der Waals surface area contributed by atoms with Gasteiger partial charge in [0.15, 0.2) is 5.96 Å². The number of rotatable bonds is 7. The summed E-state index contributed by atoms with van der Waals surface area (Å²) in [6.07, 6.45) is 5.09. The van der Waals surface area contributed by atoms with E-state index in [2.05, 4.69) is 24.5 Å². The van der Waals surface area contributed by atoms with Crippen LogP contribution in [0.1, 0.15) is 39.0 Å². The van der Waals surface area contributed by atoms with Gasteiger partial charge in [0, 0.05) is 0 Å². The average Bonchev–Trinajstić information content (AvgIpc) is 2.09. The largest absolute Gasteiger partial charge is 0.370 e. The summed E-state index contributed by atoms with van der Waals surface area (Å²) < 4.78 is 0. The molecule has 0 aromatic rings. The quantitative estimate of drug-likeness (QED) is 0.258. The number of nitrogens with two attached hydrogens (primary N) is 2. The number of nitrogens with zero attached hydrogens (tertiary/aromatic N) is 1. The standard InChI is InChI=1S/C9H19N3OS/c1-2-3-4-5-6-7(8(13)14)12-9(10)11/h7H,2-6H2,1H3,(H,13,14)(H4,10,11,12). The van der Waals surface area contributed by atoms with Crippen molar-refractivity contribution < 1.29 is 4.79 Å². The molecule has 0 aromatic heterocycles. The third kappa shape index (κ3) is 6.77. The first kappa shape index (κ1) is 13.3. The average molecular weight is 217 g/mol. The van der Waals surface area contributed by atoms with Crippen molar-refractivity contribution in [3.05, 3.63) is 0 Å². The Balaban J connectivity index is 3.87. The minimum atomic E-state index is -0.472. The lowest BCUT2D eigenvalue weighted by Gasteiger charge is -2.07. The molecule has 0 rings (SSSR count). The third-order valence-electron chi connectivity index (χ3n) is 1.92. The van der Waals surface area contributed by atoms with E-state index in [1.165, 1.54) is 12.8 Å². The Kier molecular flexibility index (Phi) is 7.28. The minimum absolute atomic E-state index is 0.0482. The fraction of sp³-hybridized carbons (Fsp3) is 0.778. The molecule has 0 aliphatic rings. The predicted octanol–water partition coefficient (Wildman–Crippen LogP) is 1.06. The fourth-order valence-corrected chi connectivity index (χ4v) is 1.37. The van der Waals surface area contributed by atoms with Gasteiger partial charge in [0.05, 0.1) is 0 Å². The van der Waals surface area contributed by atoms with E-state index in [9.17, 15) is 4.79 Å². The molecule has 0 aromatic carbocycles. The van der Waals surface area contributed by atoms with Crippen LogP contribution in [0.25, 0.3) is 0 Å². The molecule has 1 unspecified atom stereocenters. The van der Waals surface area contributed by atoms with Gasteiger partial charge in [0.2, 0.25) is 5.12 Å². The molecule has 14 heavy (non-hydrogen) atoms. The summed E-state index contributed by atoms with van der Waals surface area (Å²) >= 11 is 3.74. The molecule has 0 heterocycles. The first-order chi connectivity index (χ1) is 6.57. The van der Waals surface area contributed by atoms with E-state index in [4.69, 9.17) is 11.5 Å². The summed E-state index contributed by atoms with van der Waals surface area (Å²) in [5, 5.41) is -0.269. The molecule has 0 spiro atoms. The molecule has 82 valence electrons. The van der Waals surface area contributed by atoms with Crippen LogP contribution in [0.2, 0.25) is 0 Å². The number of hydrogen-bond donors (Lipinski definition) is 3. The minimum Gasteiger partial charge on any atom is -0.370 e. The molecule has 0 saturated carbocycles. The molecule has 5 heteroatoms. The lowest BCUT2D eigenvalue weighted by Crippen LogP contribution is -2.27. The molecule has 0 aliphatic heterocycles. The van der Waals surface area contributed by atoms with Crippen molar-refractivity contribution in [1.82, 2.24) is 0 Å². The van der Waals surface area contributed by atoms with Crippen molar-refractivity contribution in [1.29, 1.82) is 0 Å². The zero-order chi connectivity index (χ0) is 11.0. The topological polar surface area (TPSA) is 81.5 Å². The van der Waals surface area contributed by atoms with Crippen molar-refractivity contribution in [3.8, 4) is 0 Å². The first-order valence-corrected chi connectivity index (χ1v) is 5.34. The number of hydrogen-bond acceptors (Lipinski definition) is 2. The summed E-state index contributed by atoms with van der Waals surface area (Å²) in [4.78, 5) is 14.8. The molecular formula is C9H19N3OS. The van der Waals surface area contributed by atoms with Crippen LogP contribution in [0.3, 0.4) is 0 Å². The van der Waals surface area contributed by atoms with Gasteiger partial charge in [-0.05, 0) is 6.42 Å². The highest BCUT2D eigenvalue weighted by Crippen LogP contribution is 2.10. The van der Waals surface area contributed by atoms with Crippen molar-refractivity contribution in [2.75, 3.05) is 0 Å². The van der Waals surface area contributed by atoms with Gasteiger partial charge in [-0.3, -0.25) is 4.79 Å². The predicted molar refractivity (Wildman–Crippen MR) is 62.3 cm³/mol. The normalized spacial score (nSPS) is 12.1. The Bertz CT molecular complexity index is 202. The van der Waals surface area contributed by atoms with Gasteiger partial charge in [-0.1, -0.05) is 32.6 Å². The van der Waals surface area contributed by atoms with Crippen molar-refractivity contribution >= 4 is 23.7 Å². The Morgan fingerprint density at radius 1 is 1.36 bits per heavy atom. The number of unbranched alkanes of at least 4 members (excludes halogenated alkanes) is 3. The molecule has 4 N–H and O–H groups in total. The summed E-state index contributed by atoms with van der Waals surface area (Å²) in [7, 11) is 0. The lowest BCUT2D eigenvalue weighted by atomic mass is 10.1. The second-order valence-electron chi connectivity index (χ2n) is 3.26. The van der Waals surface area contributed by atoms with Gasteiger partial charge in [0.1, 0.15) is 6.04 Å². The van der Waals surface area contributed by atoms with Crippen LogP contribution in [0.15, 0.2) is 4.99 Å². The van der Waals surface area contributed by atoms with Gasteiger partial charge in [-0.25, -0.2) is 4.99 Å². The Hall–Kier alpha value is -0.710. The molecule has 4 nitrogen and oxygen atoms in total. The molecule has 0 saturated heterocycles. The van der Waals surface area contributed by atoms with E-state index in [1.807, 2.05) is 0 Å². The molecule has 0 aliphatic carbocycles. The number of thiol groups is 1. The van der Waals surface area contributed by atoms with Crippen molar-refractivity contribution in [3.63, 3.8) is 0 Å². The fourth-order valence-electron chi connectivity index (χ4n) is 1.19. The molecule has 1 atom stereocenters. The maximum absolute atomic E-state index is 11.0. The molecule has 0 radical (unpaired) electrons. The van der Waals surface area contributed by atoms with Crippen LogP contribution in [-0.2, 0) is 4.79 Å². The highest BCUT2D eigenvalue weighted by atomic mass is 32.1. The summed E-state index contributed by atoms with van der Waals surface area (Å²) in [5.74, 6) is -0.0482. The SMILES string of the molecule is CCCCCCC(N=C(N)N)C(=O)S. The smallest absolute Gasteiger partial charge is 0.210 e. The maximum atomic E-state index is 11.0. The van der Waals surface area contributed by atoms with Crippen LogP contribution in [-0.4, -0.2) is 17.1 Å². The summed E-state index contributed by atoms with van der Waals surface area (Å²) in [5.41, 5.74) is 10.4.